The molecular weight excluding hydrogens is 441 g/mol. The number of hydrogen-bond donors (Lipinski definition) is 1. The molecule has 3 aromatic rings. The lowest BCUT2D eigenvalue weighted by Crippen LogP contribution is -2.37. The summed E-state index contributed by atoms with van der Waals surface area (Å²) in [7, 11) is 0. The fourth-order valence-electron chi connectivity index (χ4n) is 2.88. The number of pyridine rings is 2. The maximum absolute atomic E-state index is 15.2. The first-order valence-electron chi connectivity index (χ1n) is 8.90. The standard InChI is InChI=1S/C21H15ClF5N3O/c1-20(24,11-30-19(31)14-4-2-3-5-15(14)21(25,26)27)18-16(22)8-13(10-29-18)12-6-7-17(23)28-9-12/h2-10H,11H2,1H3,(H,30,31). The molecule has 3 rings (SSSR count). The SMILES string of the molecule is CC(F)(CNC(=O)c1ccccc1C(F)(F)F)c1ncc(-c2ccc(F)nc2)cc1Cl. The fourth-order valence-corrected chi connectivity index (χ4v) is 3.24. The van der Waals surface area contributed by atoms with Crippen molar-refractivity contribution in [3.05, 3.63) is 82.6 Å². The first kappa shape index (κ1) is 22.6. The monoisotopic (exact) mass is 455 g/mol. The molecule has 1 amide bonds. The molecule has 0 aliphatic rings. The lowest BCUT2D eigenvalue weighted by Gasteiger charge is -2.22. The number of nitrogens with one attached hydrogen (secondary N) is 1. The van der Waals surface area contributed by atoms with Crippen LogP contribution in [-0.4, -0.2) is 22.4 Å². The van der Waals surface area contributed by atoms with Crippen molar-refractivity contribution in [1.29, 1.82) is 0 Å². The van der Waals surface area contributed by atoms with Crippen LogP contribution in [0.5, 0.6) is 0 Å². The van der Waals surface area contributed by atoms with Crippen molar-refractivity contribution in [2.75, 3.05) is 6.54 Å². The number of alkyl halides is 4. The molecule has 0 bridgehead atoms. The molecule has 1 atom stereocenters. The van der Waals surface area contributed by atoms with Gasteiger partial charge in [0.05, 0.1) is 28.4 Å². The average molecular weight is 456 g/mol. The van der Waals surface area contributed by atoms with E-state index in [-0.39, 0.29) is 10.7 Å². The van der Waals surface area contributed by atoms with E-state index in [2.05, 4.69) is 15.3 Å². The summed E-state index contributed by atoms with van der Waals surface area (Å²) >= 11 is 6.15. The zero-order chi connectivity index (χ0) is 22.8. The maximum Gasteiger partial charge on any atom is 0.417 e. The molecule has 2 heterocycles. The van der Waals surface area contributed by atoms with Crippen molar-refractivity contribution in [3.63, 3.8) is 0 Å². The molecule has 0 saturated heterocycles. The van der Waals surface area contributed by atoms with Crippen LogP contribution in [-0.2, 0) is 11.8 Å². The zero-order valence-corrected chi connectivity index (χ0v) is 16.7. The Balaban J connectivity index is 1.78. The highest BCUT2D eigenvalue weighted by molar-refractivity contribution is 6.31. The number of amides is 1. The predicted octanol–water partition coefficient (Wildman–Crippen LogP) is 5.57. The molecule has 2 aromatic heterocycles. The van der Waals surface area contributed by atoms with Gasteiger partial charge in [0.2, 0.25) is 5.95 Å². The number of carbonyl (C=O) groups excluding carboxylic acids is 1. The van der Waals surface area contributed by atoms with Crippen LogP contribution >= 0.6 is 11.6 Å². The van der Waals surface area contributed by atoms with Crippen molar-refractivity contribution < 1.29 is 26.7 Å². The summed E-state index contributed by atoms with van der Waals surface area (Å²) in [5.74, 6) is -1.75. The van der Waals surface area contributed by atoms with E-state index in [9.17, 15) is 22.4 Å². The number of benzene rings is 1. The third kappa shape index (κ3) is 5.16. The van der Waals surface area contributed by atoms with Crippen LogP contribution in [0.1, 0.15) is 28.5 Å². The molecule has 0 aliphatic heterocycles. The van der Waals surface area contributed by atoms with Crippen LogP contribution in [0, 0.1) is 5.95 Å². The molecule has 1 N–H and O–H groups in total. The summed E-state index contributed by atoms with van der Waals surface area (Å²) in [5, 5.41) is 2.09. The largest absolute Gasteiger partial charge is 0.417 e. The van der Waals surface area contributed by atoms with Crippen LogP contribution in [0.15, 0.2) is 54.9 Å². The van der Waals surface area contributed by atoms with Gasteiger partial charge in [0, 0.05) is 23.5 Å². The second-order valence-corrected chi connectivity index (χ2v) is 7.25. The molecule has 1 aromatic carbocycles. The van der Waals surface area contributed by atoms with Gasteiger partial charge in [-0.05, 0) is 37.3 Å². The van der Waals surface area contributed by atoms with E-state index in [0.29, 0.717) is 11.1 Å². The van der Waals surface area contributed by atoms with E-state index < -0.39 is 41.4 Å². The summed E-state index contributed by atoms with van der Waals surface area (Å²) in [6.07, 6.45) is -2.17. The summed E-state index contributed by atoms with van der Waals surface area (Å²) in [6, 6.07) is 8.20. The van der Waals surface area contributed by atoms with E-state index >= 15 is 4.39 Å². The second kappa shape index (κ2) is 8.58. The third-order valence-electron chi connectivity index (χ3n) is 4.45. The number of aromatic nitrogens is 2. The Hall–Kier alpha value is -3.07. The van der Waals surface area contributed by atoms with Gasteiger partial charge in [-0.3, -0.25) is 9.78 Å². The van der Waals surface area contributed by atoms with Gasteiger partial charge >= 0.3 is 6.18 Å². The van der Waals surface area contributed by atoms with Crippen LogP contribution < -0.4 is 5.32 Å². The Bertz CT molecular complexity index is 1100. The number of rotatable bonds is 5. The minimum Gasteiger partial charge on any atom is -0.348 e. The molecule has 0 radical (unpaired) electrons. The quantitative estimate of drug-likeness (QED) is 0.404. The molecule has 0 spiro atoms. The van der Waals surface area contributed by atoms with Crippen molar-refractivity contribution in [2.45, 2.75) is 18.8 Å². The maximum atomic E-state index is 15.2. The zero-order valence-electron chi connectivity index (χ0n) is 16.0. The van der Waals surface area contributed by atoms with Gasteiger partial charge < -0.3 is 5.32 Å². The predicted molar refractivity (Wildman–Crippen MR) is 105 cm³/mol. The highest BCUT2D eigenvalue weighted by Gasteiger charge is 2.36. The topological polar surface area (TPSA) is 54.9 Å². The Labute approximate surface area is 179 Å². The minimum absolute atomic E-state index is 0.0724. The first-order chi connectivity index (χ1) is 14.5. The van der Waals surface area contributed by atoms with E-state index in [0.717, 1.165) is 31.2 Å². The number of halogens is 6. The van der Waals surface area contributed by atoms with Gasteiger partial charge in [-0.1, -0.05) is 23.7 Å². The minimum atomic E-state index is -4.73. The summed E-state index contributed by atoms with van der Waals surface area (Å²) in [5.41, 5.74) is -3.28. The Morgan fingerprint density at radius 3 is 2.32 bits per heavy atom. The van der Waals surface area contributed by atoms with Crippen LogP contribution in [0.3, 0.4) is 0 Å². The highest BCUT2D eigenvalue weighted by Crippen LogP contribution is 2.34. The third-order valence-corrected chi connectivity index (χ3v) is 4.74. The molecule has 1 unspecified atom stereocenters. The van der Waals surface area contributed by atoms with E-state index in [1.165, 1.54) is 30.6 Å². The molecule has 0 saturated carbocycles. The van der Waals surface area contributed by atoms with Crippen molar-refractivity contribution >= 4 is 17.5 Å². The average Bonchev–Trinajstić information content (AvgIpc) is 2.71. The normalized spacial score (nSPS) is 13.5. The molecule has 4 nitrogen and oxygen atoms in total. The molecule has 0 aliphatic carbocycles. The molecule has 0 fully saturated rings. The van der Waals surface area contributed by atoms with Crippen molar-refractivity contribution in [1.82, 2.24) is 15.3 Å². The molecule has 10 heteroatoms. The Morgan fingerprint density at radius 1 is 1.03 bits per heavy atom. The van der Waals surface area contributed by atoms with Crippen molar-refractivity contribution in [2.24, 2.45) is 0 Å². The second-order valence-electron chi connectivity index (χ2n) is 6.85. The number of nitrogens with zero attached hydrogens (tertiary/aromatic N) is 2. The molecule has 31 heavy (non-hydrogen) atoms. The van der Waals surface area contributed by atoms with Gasteiger partial charge in [0.1, 0.15) is 0 Å². The van der Waals surface area contributed by atoms with Crippen molar-refractivity contribution in [3.8, 4) is 11.1 Å². The van der Waals surface area contributed by atoms with Gasteiger partial charge in [-0.15, -0.1) is 0 Å². The lowest BCUT2D eigenvalue weighted by molar-refractivity contribution is -0.137. The Kier molecular flexibility index (Phi) is 6.26. The molecular formula is C21H15ClF5N3O. The van der Waals surface area contributed by atoms with E-state index in [4.69, 9.17) is 11.6 Å². The highest BCUT2D eigenvalue weighted by atomic mass is 35.5. The first-order valence-corrected chi connectivity index (χ1v) is 9.28. The lowest BCUT2D eigenvalue weighted by atomic mass is 10.0. The summed E-state index contributed by atoms with van der Waals surface area (Å²) in [4.78, 5) is 19.8. The molecule has 162 valence electrons. The van der Waals surface area contributed by atoms with Gasteiger partial charge in [0.15, 0.2) is 5.67 Å². The smallest absolute Gasteiger partial charge is 0.348 e. The van der Waals surface area contributed by atoms with E-state index in [1.54, 1.807) is 0 Å². The summed E-state index contributed by atoms with van der Waals surface area (Å²) < 4.78 is 67.5. The van der Waals surface area contributed by atoms with Gasteiger partial charge in [-0.2, -0.15) is 17.6 Å². The summed E-state index contributed by atoms with van der Waals surface area (Å²) in [6.45, 7) is 0.429. The van der Waals surface area contributed by atoms with Gasteiger partial charge in [0.25, 0.3) is 5.91 Å². The number of hydrogen-bond acceptors (Lipinski definition) is 3. The Morgan fingerprint density at radius 2 is 1.71 bits per heavy atom. The van der Waals surface area contributed by atoms with Crippen LogP contribution in [0.4, 0.5) is 22.0 Å². The van der Waals surface area contributed by atoms with Crippen LogP contribution in [0.2, 0.25) is 5.02 Å². The van der Waals surface area contributed by atoms with E-state index in [1.807, 2.05) is 0 Å². The van der Waals surface area contributed by atoms with Crippen LogP contribution in [0.25, 0.3) is 11.1 Å². The number of carbonyl (C=O) groups is 1. The van der Waals surface area contributed by atoms with Gasteiger partial charge in [-0.25, -0.2) is 9.37 Å². The fraction of sp³-hybridized carbons (Fsp3) is 0.190.